The monoisotopic (exact) mass is 497 g/mol. The van der Waals surface area contributed by atoms with Crippen LogP contribution in [-0.4, -0.2) is 55.6 Å². The number of fused-ring (bicyclic) bond motifs is 1. The van der Waals surface area contributed by atoms with Crippen molar-refractivity contribution in [1.82, 2.24) is 0 Å². The molecule has 0 amide bonds. The Morgan fingerprint density at radius 1 is 1.06 bits per heavy atom. The van der Waals surface area contributed by atoms with E-state index in [0.29, 0.717) is 4.88 Å². The molecule has 3 unspecified atom stereocenters. The molecule has 1 aromatic carbocycles. The summed E-state index contributed by atoms with van der Waals surface area (Å²) in [6.07, 6.45) is 3.81. The molecule has 0 spiro atoms. The topological polar surface area (TPSA) is 82.1 Å². The average Bonchev–Trinajstić information content (AvgIpc) is 3.34. The Morgan fingerprint density at radius 3 is 2.44 bits per heavy atom. The second-order valence-corrected chi connectivity index (χ2v) is 10.7. The van der Waals surface area contributed by atoms with Crippen LogP contribution < -0.4 is 4.90 Å². The number of rotatable bonds is 5. The number of anilines is 1. The van der Waals surface area contributed by atoms with Gasteiger partial charge < -0.3 is 19.1 Å². The molecule has 9 heteroatoms. The van der Waals surface area contributed by atoms with Gasteiger partial charge in [-0.1, -0.05) is 48.2 Å². The third-order valence-corrected chi connectivity index (χ3v) is 9.19. The summed E-state index contributed by atoms with van der Waals surface area (Å²) in [6.45, 7) is 4.00. The molecule has 0 saturated heterocycles. The van der Waals surface area contributed by atoms with Crippen LogP contribution in [0.2, 0.25) is 0 Å². The Balaban J connectivity index is 1.81. The second-order valence-electron chi connectivity index (χ2n) is 8.14. The first-order valence-corrected chi connectivity index (χ1v) is 12.5. The highest BCUT2D eigenvalue weighted by Gasteiger charge is 2.64. The predicted molar refractivity (Wildman–Crippen MR) is 130 cm³/mol. The molecule has 1 aromatic heterocycles. The summed E-state index contributed by atoms with van der Waals surface area (Å²) in [6, 6.07) is 8.95. The lowest BCUT2D eigenvalue weighted by Gasteiger charge is -2.50. The van der Waals surface area contributed by atoms with Crippen molar-refractivity contribution in [3.05, 3.63) is 58.5 Å². The number of benzene rings is 1. The molecule has 2 aromatic rings. The smallest absolute Gasteiger partial charge is 0.349 e. The first kappa shape index (κ1) is 22.7. The molecule has 3 atom stereocenters. The van der Waals surface area contributed by atoms with Gasteiger partial charge in [0.2, 0.25) is 0 Å². The lowest BCUT2D eigenvalue weighted by atomic mass is 9.85. The van der Waals surface area contributed by atoms with Gasteiger partial charge in [0.25, 0.3) is 0 Å². The molecule has 0 radical (unpaired) electrons. The number of thiophene rings is 1. The molecule has 4 bridgehead atoms. The molecule has 0 saturated carbocycles. The summed E-state index contributed by atoms with van der Waals surface area (Å²) in [5.41, 5.74) is 3.80. The summed E-state index contributed by atoms with van der Waals surface area (Å²) >= 11 is 2.53. The van der Waals surface area contributed by atoms with Crippen LogP contribution in [0.4, 0.5) is 5.69 Å². The second kappa shape index (κ2) is 8.32. The Labute approximate surface area is 205 Å². The van der Waals surface area contributed by atoms with Gasteiger partial charge in [0.05, 0.1) is 48.4 Å². The third kappa shape index (κ3) is 2.99. The highest BCUT2D eigenvalue weighted by Crippen LogP contribution is 2.63. The molecule has 34 heavy (non-hydrogen) atoms. The van der Waals surface area contributed by atoms with E-state index in [1.807, 2.05) is 43.3 Å². The Bertz CT molecular complexity index is 1260. The van der Waals surface area contributed by atoms with Gasteiger partial charge in [0.15, 0.2) is 4.75 Å². The van der Waals surface area contributed by atoms with E-state index in [9.17, 15) is 14.4 Å². The van der Waals surface area contributed by atoms with Crippen LogP contribution in [0.5, 0.6) is 0 Å². The Morgan fingerprint density at radius 2 is 1.79 bits per heavy atom. The van der Waals surface area contributed by atoms with E-state index >= 15 is 0 Å². The van der Waals surface area contributed by atoms with E-state index in [4.69, 9.17) is 14.2 Å². The maximum Gasteiger partial charge on any atom is 0.349 e. The molecule has 0 N–H and O–H groups in total. The zero-order chi connectivity index (χ0) is 24.2. The van der Waals surface area contributed by atoms with Crippen molar-refractivity contribution in [1.29, 1.82) is 0 Å². The van der Waals surface area contributed by atoms with Gasteiger partial charge >= 0.3 is 17.9 Å². The lowest BCUT2D eigenvalue weighted by molar-refractivity contribution is -0.146. The fourth-order valence-corrected chi connectivity index (χ4v) is 8.08. The van der Waals surface area contributed by atoms with Crippen molar-refractivity contribution >= 4 is 46.7 Å². The van der Waals surface area contributed by atoms with Gasteiger partial charge in [-0.05, 0) is 31.1 Å². The van der Waals surface area contributed by atoms with Crippen molar-refractivity contribution in [3.8, 4) is 11.1 Å². The van der Waals surface area contributed by atoms with Crippen LogP contribution in [0.25, 0.3) is 11.1 Å². The van der Waals surface area contributed by atoms with Crippen LogP contribution in [0.3, 0.4) is 0 Å². The standard InChI is InChI=1S/C25H23NO6S2/c1-5-32-22(28)20-18(14-9-7-6-8-10-14)19-23(33-20)34-25(24(29)31-4)15(21(27)30-3)12-16-13(2)11-17(25)26(16)19/h6-12,16-17H,5H2,1-4H3. The molecule has 3 aliphatic heterocycles. The zero-order valence-electron chi connectivity index (χ0n) is 19.1. The summed E-state index contributed by atoms with van der Waals surface area (Å²) in [5, 5.41) is 0. The molecule has 0 aliphatic carbocycles. The first-order valence-electron chi connectivity index (χ1n) is 10.8. The number of esters is 3. The van der Waals surface area contributed by atoms with Crippen LogP contribution >= 0.6 is 23.1 Å². The molecule has 5 rings (SSSR count). The van der Waals surface area contributed by atoms with Gasteiger partial charge in [-0.25, -0.2) is 9.59 Å². The van der Waals surface area contributed by atoms with E-state index in [1.54, 1.807) is 13.0 Å². The number of carbonyl (C=O) groups is 3. The summed E-state index contributed by atoms with van der Waals surface area (Å²) < 4.78 is 15.1. The van der Waals surface area contributed by atoms with E-state index in [0.717, 1.165) is 26.6 Å². The summed E-state index contributed by atoms with van der Waals surface area (Å²) in [7, 11) is 2.62. The summed E-state index contributed by atoms with van der Waals surface area (Å²) in [5.74, 6) is -1.52. The van der Waals surface area contributed by atoms with E-state index < -0.39 is 28.7 Å². The number of nitrogens with zero attached hydrogens (tertiary/aromatic N) is 1. The largest absolute Gasteiger partial charge is 0.468 e. The van der Waals surface area contributed by atoms with Gasteiger partial charge in [-0.3, -0.25) is 4.79 Å². The normalized spacial score (nSPS) is 24.1. The van der Waals surface area contributed by atoms with Gasteiger partial charge in [-0.15, -0.1) is 11.3 Å². The van der Waals surface area contributed by atoms with E-state index in [1.165, 1.54) is 37.3 Å². The maximum absolute atomic E-state index is 13.4. The van der Waals surface area contributed by atoms with Crippen LogP contribution in [0.1, 0.15) is 23.5 Å². The van der Waals surface area contributed by atoms with Crippen molar-refractivity contribution in [2.45, 2.75) is 34.9 Å². The van der Waals surface area contributed by atoms with Crippen molar-refractivity contribution in [3.63, 3.8) is 0 Å². The fourth-order valence-electron chi connectivity index (χ4n) is 5.00. The molecule has 4 heterocycles. The average molecular weight is 498 g/mol. The predicted octanol–water partition coefficient (Wildman–Crippen LogP) is 4.23. The lowest BCUT2D eigenvalue weighted by Crippen LogP contribution is -2.62. The number of carbonyl (C=O) groups excluding carboxylic acids is 3. The third-order valence-electron chi connectivity index (χ3n) is 6.41. The van der Waals surface area contributed by atoms with E-state index in [-0.39, 0.29) is 18.2 Å². The SMILES string of the molecule is CCOC(=O)c1sc2c(c1-c1ccccc1)N1C3C=C(C(=O)OC)C(C(=O)OC)(S2)C1C=C3C. The van der Waals surface area contributed by atoms with Crippen LogP contribution in [-0.2, 0) is 23.8 Å². The number of ether oxygens (including phenoxy) is 3. The molecule has 176 valence electrons. The molecule has 7 nitrogen and oxygen atoms in total. The maximum atomic E-state index is 13.4. The van der Waals surface area contributed by atoms with Crippen LogP contribution in [0, 0.1) is 0 Å². The quantitative estimate of drug-likeness (QED) is 0.345. The van der Waals surface area contributed by atoms with Crippen molar-refractivity contribution in [2.24, 2.45) is 0 Å². The minimum atomic E-state index is -1.35. The molecule has 3 aliphatic rings. The minimum absolute atomic E-state index is 0.249. The Kier molecular flexibility index (Phi) is 5.56. The number of methoxy groups -OCH3 is 2. The van der Waals surface area contributed by atoms with Crippen molar-refractivity contribution < 1.29 is 28.6 Å². The Hall–Kier alpha value is -3.04. The zero-order valence-corrected chi connectivity index (χ0v) is 20.7. The fraction of sp³-hybridized carbons (Fsp3) is 0.320. The highest BCUT2D eigenvalue weighted by atomic mass is 32.2. The first-order chi connectivity index (χ1) is 16.4. The molecular weight excluding hydrogens is 474 g/mol. The van der Waals surface area contributed by atoms with Gasteiger partial charge in [-0.2, -0.15) is 0 Å². The number of hydrogen-bond acceptors (Lipinski definition) is 9. The van der Waals surface area contributed by atoms with Crippen LogP contribution in [0.15, 0.2) is 57.8 Å². The number of thioether (sulfide) groups is 1. The molecular formula is C25H23NO6S2. The van der Waals surface area contributed by atoms with Crippen molar-refractivity contribution in [2.75, 3.05) is 25.7 Å². The number of hydrogen-bond donors (Lipinski definition) is 0. The summed E-state index contributed by atoms with van der Waals surface area (Å²) in [4.78, 5) is 41.9. The van der Waals surface area contributed by atoms with E-state index in [2.05, 4.69) is 4.90 Å². The highest BCUT2D eigenvalue weighted by molar-refractivity contribution is 8.03. The van der Waals surface area contributed by atoms with Gasteiger partial charge in [0.1, 0.15) is 4.88 Å². The minimum Gasteiger partial charge on any atom is -0.468 e. The van der Waals surface area contributed by atoms with Gasteiger partial charge in [0, 0.05) is 5.56 Å². The molecule has 0 fully saturated rings.